The van der Waals surface area contributed by atoms with Crippen molar-refractivity contribution in [1.82, 2.24) is 19.9 Å². The number of methoxy groups -OCH3 is 1. The van der Waals surface area contributed by atoms with Gasteiger partial charge in [0.15, 0.2) is 5.78 Å². The number of Topliss-reactive ketones (excluding diaryl/α,β-unsaturated/α-hetero) is 1. The molecule has 0 spiro atoms. The van der Waals surface area contributed by atoms with Crippen LogP contribution < -0.4 is 20.1 Å². The molecule has 0 unspecified atom stereocenters. The van der Waals surface area contributed by atoms with Crippen LogP contribution in [0.5, 0.6) is 11.5 Å². The van der Waals surface area contributed by atoms with Crippen molar-refractivity contribution in [1.29, 1.82) is 0 Å². The van der Waals surface area contributed by atoms with Crippen LogP contribution >= 0.6 is 11.3 Å². The summed E-state index contributed by atoms with van der Waals surface area (Å²) in [4.78, 5) is 30.5. The first-order chi connectivity index (χ1) is 20.0. The van der Waals surface area contributed by atoms with E-state index in [4.69, 9.17) is 4.74 Å². The second-order valence-electron chi connectivity index (χ2n) is 9.75. The van der Waals surface area contributed by atoms with E-state index in [1.54, 1.807) is 26.2 Å². The summed E-state index contributed by atoms with van der Waals surface area (Å²) in [6.45, 7) is 3.14. The summed E-state index contributed by atoms with van der Waals surface area (Å²) in [7, 11) is 1.34. The quantitative estimate of drug-likeness (QED) is 0.217. The average molecular weight is 605 g/mol. The number of halogens is 3. The first-order valence-corrected chi connectivity index (χ1v) is 13.7. The van der Waals surface area contributed by atoms with Crippen molar-refractivity contribution in [2.24, 2.45) is 5.92 Å². The Labute approximate surface area is 241 Å². The lowest BCUT2D eigenvalue weighted by Crippen LogP contribution is -2.33. The summed E-state index contributed by atoms with van der Waals surface area (Å²) in [5.41, 5.74) is 2.30. The fourth-order valence-corrected chi connectivity index (χ4v) is 5.90. The van der Waals surface area contributed by atoms with Crippen LogP contribution in [0, 0.1) is 12.8 Å². The molecule has 1 aromatic carbocycles. The maximum Gasteiger partial charge on any atom is 0.573 e. The minimum atomic E-state index is -4.85. The van der Waals surface area contributed by atoms with E-state index in [2.05, 4.69) is 35.3 Å². The summed E-state index contributed by atoms with van der Waals surface area (Å²) >= 11 is 1.40. The number of rotatable bonds is 9. The zero-order chi connectivity index (χ0) is 30.2. The molecule has 15 heteroatoms. The van der Waals surface area contributed by atoms with Gasteiger partial charge in [0.05, 0.1) is 48.0 Å². The molecule has 0 amide bonds. The van der Waals surface area contributed by atoms with Crippen LogP contribution in [0.1, 0.15) is 30.6 Å². The molecule has 0 saturated heterocycles. The maximum absolute atomic E-state index is 12.7. The van der Waals surface area contributed by atoms with Crippen molar-refractivity contribution >= 4 is 39.1 Å². The Morgan fingerprint density at radius 2 is 2.00 bits per heavy atom. The number of aryl methyl sites for hydroxylation is 1. The molecule has 222 valence electrons. The van der Waals surface area contributed by atoms with Crippen LogP contribution in [0.3, 0.4) is 0 Å². The third kappa shape index (κ3) is 6.07. The molecule has 4 aromatic rings. The molecule has 0 bridgehead atoms. The van der Waals surface area contributed by atoms with Crippen LogP contribution in [0.2, 0.25) is 0 Å². The Bertz CT molecular complexity index is 1580. The molecule has 11 nitrogen and oxygen atoms in total. The lowest BCUT2D eigenvalue weighted by atomic mass is 10.1. The third-order valence-electron chi connectivity index (χ3n) is 6.90. The van der Waals surface area contributed by atoms with Crippen molar-refractivity contribution in [2.75, 3.05) is 24.4 Å². The van der Waals surface area contributed by atoms with E-state index >= 15 is 0 Å². The van der Waals surface area contributed by atoms with Gasteiger partial charge in [-0.1, -0.05) is 0 Å². The number of pyridine rings is 1. The number of hydrogen-bond donors (Lipinski definition) is 4. The zero-order valence-electron chi connectivity index (χ0n) is 22.6. The number of nitrogens with zero attached hydrogens (tertiary/aromatic N) is 4. The number of aromatic nitrogens is 4. The number of carbonyl (C=O) groups is 1. The van der Waals surface area contributed by atoms with Gasteiger partial charge in [-0.15, -0.1) is 24.5 Å². The highest BCUT2D eigenvalue weighted by molar-refractivity contribution is 7.21. The number of carbonyl (C=O) groups excluding carboxylic acids is 1. The second-order valence-corrected chi connectivity index (χ2v) is 10.8. The van der Waals surface area contributed by atoms with E-state index in [1.165, 1.54) is 30.6 Å². The van der Waals surface area contributed by atoms with Gasteiger partial charge >= 0.3 is 6.36 Å². The summed E-state index contributed by atoms with van der Waals surface area (Å²) < 4.78 is 48.3. The predicted octanol–water partition coefficient (Wildman–Crippen LogP) is 4.26. The van der Waals surface area contributed by atoms with Crippen molar-refractivity contribution in [3.63, 3.8) is 0 Å². The van der Waals surface area contributed by atoms with E-state index < -0.39 is 42.0 Å². The molecule has 42 heavy (non-hydrogen) atoms. The zero-order valence-corrected chi connectivity index (χ0v) is 23.5. The van der Waals surface area contributed by atoms with E-state index in [0.29, 0.717) is 33.2 Å². The average Bonchev–Trinajstić information content (AvgIpc) is 3.47. The minimum absolute atomic E-state index is 0.161. The van der Waals surface area contributed by atoms with Crippen LogP contribution in [0.4, 0.5) is 24.9 Å². The van der Waals surface area contributed by atoms with Gasteiger partial charge in [-0.25, -0.2) is 9.97 Å². The first kappa shape index (κ1) is 29.4. The number of benzene rings is 1. The van der Waals surface area contributed by atoms with Crippen LogP contribution in [-0.4, -0.2) is 68.2 Å². The summed E-state index contributed by atoms with van der Waals surface area (Å²) in [6, 6.07) is 4.36. The summed E-state index contributed by atoms with van der Waals surface area (Å²) in [6.07, 6.45) is -2.69. The largest absolute Gasteiger partial charge is 0.573 e. The Kier molecular flexibility index (Phi) is 8.17. The fraction of sp³-hybridized carbons (Fsp3) is 0.370. The monoisotopic (exact) mass is 604 g/mol. The molecule has 1 aliphatic rings. The van der Waals surface area contributed by atoms with Gasteiger partial charge in [-0.2, -0.15) is 4.98 Å². The third-order valence-corrected chi connectivity index (χ3v) is 7.95. The van der Waals surface area contributed by atoms with Crippen LogP contribution in [0.25, 0.3) is 20.8 Å². The molecule has 5 rings (SSSR count). The number of aliphatic hydroxyl groups is 2. The SMILES string of the molecule is COc1cc(OC(F)(F)F)ccc1[C@@H](C)Nc1nc(C)c(-c2nc3cnccc3s2)c(N[C@@H]2C[C@H](CO)C(=O)[C@H]2O)n1. The van der Waals surface area contributed by atoms with Crippen LogP contribution in [-0.2, 0) is 4.79 Å². The molecule has 4 atom stereocenters. The molecular formula is C27H27F3N6O5S. The number of ether oxygens (including phenoxy) is 2. The van der Waals surface area contributed by atoms with E-state index in [1.807, 2.05) is 6.07 Å². The highest BCUT2D eigenvalue weighted by Gasteiger charge is 2.41. The van der Waals surface area contributed by atoms with E-state index in [-0.39, 0.29) is 24.7 Å². The molecule has 1 aliphatic carbocycles. The minimum Gasteiger partial charge on any atom is -0.496 e. The number of nitrogens with one attached hydrogen (secondary N) is 2. The van der Waals surface area contributed by atoms with E-state index in [9.17, 15) is 28.2 Å². The number of fused-ring (bicyclic) bond motifs is 1. The Morgan fingerprint density at radius 1 is 1.21 bits per heavy atom. The number of thiazole rings is 1. The second kappa shape index (κ2) is 11.7. The summed E-state index contributed by atoms with van der Waals surface area (Å²) in [5.74, 6) is -0.939. The maximum atomic E-state index is 12.7. The lowest BCUT2D eigenvalue weighted by Gasteiger charge is -2.22. The molecule has 1 saturated carbocycles. The number of ketones is 1. The summed E-state index contributed by atoms with van der Waals surface area (Å²) in [5, 5.41) is 27.1. The molecule has 0 radical (unpaired) electrons. The Hall–Kier alpha value is -4.08. The van der Waals surface area contributed by atoms with E-state index in [0.717, 1.165) is 10.8 Å². The van der Waals surface area contributed by atoms with Gasteiger partial charge in [-0.05, 0) is 38.5 Å². The van der Waals surface area contributed by atoms with Gasteiger partial charge in [0, 0.05) is 23.7 Å². The predicted molar refractivity (Wildman–Crippen MR) is 149 cm³/mol. The van der Waals surface area contributed by atoms with Crippen molar-refractivity contribution < 1.29 is 37.7 Å². The van der Waals surface area contributed by atoms with Gasteiger partial charge in [-0.3, -0.25) is 9.78 Å². The van der Waals surface area contributed by atoms with Gasteiger partial charge < -0.3 is 30.3 Å². The normalized spacial score (nSPS) is 19.6. The van der Waals surface area contributed by atoms with Crippen molar-refractivity contribution in [3.8, 4) is 22.1 Å². The lowest BCUT2D eigenvalue weighted by molar-refractivity contribution is -0.274. The Morgan fingerprint density at radius 3 is 2.67 bits per heavy atom. The number of hydrogen-bond acceptors (Lipinski definition) is 12. The van der Waals surface area contributed by atoms with Crippen LogP contribution in [0.15, 0.2) is 36.7 Å². The van der Waals surface area contributed by atoms with Gasteiger partial charge in [0.25, 0.3) is 0 Å². The fourth-order valence-electron chi connectivity index (χ4n) is 4.87. The van der Waals surface area contributed by atoms with Crippen molar-refractivity contribution in [2.45, 2.75) is 44.8 Å². The topological polar surface area (TPSA) is 152 Å². The number of anilines is 2. The molecule has 3 heterocycles. The molecule has 1 fully saturated rings. The Balaban J connectivity index is 1.50. The highest BCUT2D eigenvalue weighted by atomic mass is 32.1. The number of alkyl halides is 3. The van der Waals surface area contributed by atoms with Crippen molar-refractivity contribution in [3.05, 3.63) is 47.9 Å². The molecular weight excluding hydrogens is 577 g/mol. The first-order valence-electron chi connectivity index (χ1n) is 12.9. The molecule has 0 aliphatic heterocycles. The van der Waals surface area contributed by atoms with Gasteiger partial charge in [0.1, 0.15) is 33.9 Å². The number of aliphatic hydroxyl groups excluding tert-OH is 2. The molecule has 4 N–H and O–H groups in total. The smallest absolute Gasteiger partial charge is 0.496 e. The molecule has 3 aromatic heterocycles. The standard InChI is InChI=1S/C27H27F3N6O5S/c1-12(16-5-4-15(9-19(16)40-3)41-27(28,29)30)32-26-33-13(2)21(25-35-18-10-31-7-6-20(18)42-25)24(36-26)34-17-8-14(11-37)22(38)23(17)39/h4-7,9-10,12,14,17,23,37,39H,8,11H2,1-3H3,(H2,32,33,34,36)/t12-,14-,17-,23+/m1/s1. The van der Waals surface area contributed by atoms with Gasteiger partial charge in [0.2, 0.25) is 5.95 Å². The highest BCUT2D eigenvalue weighted by Crippen LogP contribution is 2.38.